The molecule has 0 saturated carbocycles. The van der Waals surface area contributed by atoms with Gasteiger partial charge in [0.25, 0.3) is 0 Å². The van der Waals surface area contributed by atoms with Gasteiger partial charge in [-0.25, -0.2) is 0 Å². The fourth-order valence-electron chi connectivity index (χ4n) is 5.51. The SMILES string of the molecule is CC(C)C(c1cc(CCCO)cc(C(C)(C)CCO)c1O)c1cc(CCCO)cc(C(C)(C)CCO)c1O. The summed E-state index contributed by atoms with van der Waals surface area (Å²) < 4.78 is 0. The first-order chi connectivity index (χ1) is 17.8. The van der Waals surface area contributed by atoms with Crippen molar-refractivity contribution in [2.45, 2.75) is 96.8 Å². The Morgan fingerprint density at radius 1 is 0.605 bits per heavy atom. The molecule has 0 aliphatic heterocycles. The van der Waals surface area contributed by atoms with E-state index in [0.717, 1.165) is 33.4 Å². The molecule has 0 unspecified atom stereocenters. The number of aliphatic hydroxyl groups is 4. The van der Waals surface area contributed by atoms with Gasteiger partial charge in [-0.1, -0.05) is 65.8 Å². The number of rotatable bonds is 15. The second kappa shape index (κ2) is 13.8. The van der Waals surface area contributed by atoms with E-state index in [1.165, 1.54) is 0 Å². The van der Waals surface area contributed by atoms with Crippen LogP contribution in [0.15, 0.2) is 24.3 Å². The summed E-state index contributed by atoms with van der Waals surface area (Å²) in [5.74, 6) is 0.0403. The van der Waals surface area contributed by atoms with Gasteiger partial charge in [0.15, 0.2) is 0 Å². The largest absolute Gasteiger partial charge is 0.507 e. The van der Waals surface area contributed by atoms with Gasteiger partial charge in [-0.15, -0.1) is 0 Å². The fourth-order valence-corrected chi connectivity index (χ4v) is 5.51. The van der Waals surface area contributed by atoms with Gasteiger partial charge < -0.3 is 30.6 Å². The molecule has 0 atom stereocenters. The monoisotopic (exact) mass is 530 g/mol. The van der Waals surface area contributed by atoms with E-state index < -0.39 is 10.8 Å². The standard InChI is InChI=1S/C32H50O6/c1-21(2)28(24-17-22(9-7-13-33)19-26(29(24)37)31(3,4)11-15-35)25-18-23(10-8-14-34)20-27(30(25)38)32(5,6)12-16-36/h17-21,28,33-38H,7-16H2,1-6H3. The van der Waals surface area contributed by atoms with Gasteiger partial charge >= 0.3 is 0 Å². The minimum Gasteiger partial charge on any atom is -0.507 e. The molecule has 38 heavy (non-hydrogen) atoms. The van der Waals surface area contributed by atoms with Crippen LogP contribution in [-0.2, 0) is 23.7 Å². The molecule has 0 fully saturated rings. The minimum atomic E-state index is -0.483. The van der Waals surface area contributed by atoms with Crippen molar-refractivity contribution < 1.29 is 30.6 Å². The van der Waals surface area contributed by atoms with E-state index in [1.54, 1.807) is 0 Å². The predicted molar refractivity (Wildman–Crippen MR) is 153 cm³/mol. The molecule has 0 heterocycles. The summed E-state index contributed by atoms with van der Waals surface area (Å²) >= 11 is 0. The summed E-state index contributed by atoms with van der Waals surface area (Å²) in [6, 6.07) is 7.95. The van der Waals surface area contributed by atoms with E-state index in [2.05, 4.69) is 13.8 Å². The molecule has 2 aromatic rings. The van der Waals surface area contributed by atoms with E-state index >= 15 is 0 Å². The Kier molecular flexibility index (Phi) is 11.6. The number of aliphatic hydroxyl groups excluding tert-OH is 4. The van der Waals surface area contributed by atoms with Crippen LogP contribution in [-0.4, -0.2) is 57.1 Å². The number of aromatic hydroxyl groups is 2. The van der Waals surface area contributed by atoms with E-state index in [0.29, 0.717) is 38.5 Å². The highest BCUT2D eigenvalue weighted by molar-refractivity contribution is 5.57. The second-order valence-corrected chi connectivity index (χ2v) is 12.3. The Hall–Kier alpha value is -2.12. The van der Waals surface area contributed by atoms with Gasteiger partial charge in [-0.2, -0.15) is 0 Å². The van der Waals surface area contributed by atoms with E-state index in [9.17, 15) is 30.6 Å². The molecule has 0 aliphatic rings. The smallest absolute Gasteiger partial charge is 0.123 e. The molecule has 214 valence electrons. The molecule has 0 radical (unpaired) electrons. The summed E-state index contributed by atoms with van der Waals surface area (Å²) in [7, 11) is 0. The van der Waals surface area contributed by atoms with Gasteiger partial charge in [0.2, 0.25) is 0 Å². The Morgan fingerprint density at radius 2 is 0.974 bits per heavy atom. The van der Waals surface area contributed by atoms with Crippen LogP contribution in [0.2, 0.25) is 0 Å². The minimum absolute atomic E-state index is 0.00671. The summed E-state index contributed by atoms with van der Waals surface area (Å²) in [6.07, 6.45) is 3.45. The number of hydrogen-bond acceptors (Lipinski definition) is 6. The molecule has 0 amide bonds. The zero-order valence-electron chi connectivity index (χ0n) is 24.2. The van der Waals surface area contributed by atoms with Crippen molar-refractivity contribution in [3.8, 4) is 11.5 Å². The molecule has 0 bridgehead atoms. The lowest BCUT2D eigenvalue weighted by Gasteiger charge is -2.33. The molecule has 0 aromatic heterocycles. The summed E-state index contributed by atoms with van der Waals surface area (Å²) in [5, 5.41) is 61.8. The Balaban J connectivity index is 2.89. The Bertz CT molecular complexity index is 961. The lowest BCUT2D eigenvalue weighted by atomic mass is 9.73. The lowest BCUT2D eigenvalue weighted by Crippen LogP contribution is -2.22. The molecule has 6 heteroatoms. The highest BCUT2D eigenvalue weighted by Crippen LogP contribution is 2.48. The number of phenolic OH excluding ortho intramolecular Hbond substituents is 2. The number of hydrogen-bond donors (Lipinski definition) is 6. The van der Waals surface area contributed by atoms with Gasteiger partial charge in [0, 0.05) is 54.6 Å². The van der Waals surface area contributed by atoms with Crippen LogP contribution in [0, 0.1) is 5.92 Å². The van der Waals surface area contributed by atoms with E-state index in [1.807, 2.05) is 52.0 Å². The van der Waals surface area contributed by atoms with Crippen molar-refractivity contribution in [3.63, 3.8) is 0 Å². The topological polar surface area (TPSA) is 121 Å². The van der Waals surface area contributed by atoms with Crippen LogP contribution in [0.25, 0.3) is 0 Å². The normalized spacial score (nSPS) is 12.6. The summed E-state index contributed by atoms with van der Waals surface area (Å²) in [4.78, 5) is 0. The maximum Gasteiger partial charge on any atom is 0.123 e. The first-order valence-electron chi connectivity index (χ1n) is 14.0. The average molecular weight is 531 g/mol. The van der Waals surface area contributed by atoms with Crippen molar-refractivity contribution in [2.75, 3.05) is 26.4 Å². The van der Waals surface area contributed by atoms with Crippen LogP contribution < -0.4 is 0 Å². The van der Waals surface area contributed by atoms with E-state index in [-0.39, 0.29) is 49.8 Å². The van der Waals surface area contributed by atoms with Crippen molar-refractivity contribution in [3.05, 3.63) is 57.6 Å². The average Bonchev–Trinajstić information content (AvgIpc) is 2.83. The predicted octanol–water partition coefficient (Wildman–Crippen LogP) is 5.06. The zero-order chi connectivity index (χ0) is 28.7. The molecular formula is C32H50O6. The highest BCUT2D eigenvalue weighted by Gasteiger charge is 2.33. The van der Waals surface area contributed by atoms with E-state index in [4.69, 9.17) is 0 Å². The zero-order valence-corrected chi connectivity index (χ0v) is 24.2. The van der Waals surface area contributed by atoms with Crippen molar-refractivity contribution in [1.82, 2.24) is 0 Å². The molecule has 6 nitrogen and oxygen atoms in total. The lowest BCUT2D eigenvalue weighted by molar-refractivity contribution is 0.249. The molecule has 2 aromatic carbocycles. The quantitative estimate of drug-likeness (QED) is 0.192. The third kappa shape index (κ3) is 7.50. The van der Waals surface area contributed by atoms with Crippen molar-refractivity contribution >= 4 is 0 Å². The molecule has 0 aliphatic carbocycles. The first-order valence-corrected chi connectivity index (χ1v) is 14.0. The third-order valence-corrected chi connectivity index (χ3v) is 7.91. The van der Waals surface area contributed by atoms with Gasteiger partial charge in [-0.3, -0.25) is 0 Å². The molecule has 0 spiro atoms. The van der Waals surface area contributed by atoms with Crippen molar-refractivity contribution in [2.24, 2.45) is 5.92 Å². The fraction of sp³-hybridized carbons (Fsp3) is 0.625. The third-order valence-electron chi connectivity index (χ3n) is 7.91. The molecule has 0 saturated heterocycles. The maximum absolute atomic E-state index is 11.7. The maximum atomic E-state index is 11.7. The number of phenols is 2. The summed E-state index contributed by atoms with van der Waals surface area (Å²) in [6.45, 7) is 12.3. The van der Waals surface area contributed by atoms with Crippen LogP contribution in [0.5, 0.6) is 11.5 Å². The Morgan fingerprint density at radius 3 is 1.26 bits per heavy atom. The number of aryl methyl sites for hydroxylation is 2. The van der Waals surface area contributed by atoms with Crippen LogP contribution in [0.3, 0.4) is 0 Å². The van der Waals surface area contributed by atoms with Crippen LogP contribution in [0.4, 0.5) is 0 Å². The van der Waals surface area contributed by atoms with Crippen LogP contribution in [0.1, 0.15) is 107 Å². The van der Waals surface area contributed by atoms with Gasteiger partial charge in [0.1, 0.15) is 11.5 Å². The van der Waals surface area contributed by atoms with Gasteiger partial charge in [-0.05, 0) is 66.4 Å². The molecule has 2 rings (SSSR count). The first kappa shape index (κ1) is 32.1. The van der Waals surface area contributed by atoms with Gasteiger partial charge in [0.05, 0.1) is 0 Å². The highest BCUT2D eigenvalue weighted by atomic mass is 16.3. The number of benzene rings is 2. The Labute approximate surface area is 229 Å². The molecule has 6 N–H and O–H groups in total. The molecular weight excluding hydrogens is 480 g/mol. The summed E-state index contributed by atoms with van der Waals surface area (Å²) in [5.41, 5.74) is 3.96. The van der Waals surface area contributed by atoms with Crippen LogP contribution >= 0.6 is 0 Å². The van der Waals surface area contributed by atoms with Crippen molar-refractivity contribution in [1.29, 1.82) is 0 Å². The second-order valence-electron chi connectivity index (χ2n) is 12.3.